The monoisotopic (exact) mass is 201 g/mol. The predicted octanol–water partition coefficient (Wildman–Crippen LogP) is 0.231. The van der Waals surface area contributed by atoms with E-state index in [2.05, 4.69) is 16.6 Å². The molecule has 0 unspecified atom stereocenters. The molecule has 6 heteroatoms. The van der Waals surface area contributed by atoms with Crippen molar-refractivity contribution in [1.82, 2.24) is 0 Å². The summed E-state index contributed by atoms with van der Waals surface area (Å²) in [7, 11) is 0. The van der Waals surface area contributed by atoms with Crippen LogP contribution in [0.3, 0.4) is 0 Å². The van der Waals surface area contributed by atoms with Gasteiger partial charge in [0.05, 0.1) is 6.34 Å². The van der Waals surface area contributed by atoms with E-state index in [1.54, 1.807) is 6.92 Å². The molecule has 0 aromatic carbocycles. The van der Waals surface area contributed by atoms with Crippen LogP contribution in [0.15, 0.2) is 33.8 Å². The Morgan fingerprint density at radius 1 is 1.46 bits per heavy atom. The molecule has 0 spiro atoms. The van der Waals surface area contributed by atoms with Crippen LogP contribution >= 0.6 is 11.6 Å². The average Bonchev–Trinajstić information content (AvgIpc) is 1.97. The molecule has 0 radical (unpaired) electrons. The molecule has 5 nitrogen and oxygen atoms in total. The van der Waals surface area contributed by atoms with Crippen LogP contribution in [0.2, 0.25) is 0 Å². The first kappa shape index (κ1) is 11.5. The largest absolute Gasteiger partial charge is 0.400 e. The fourth-order valence-corrected chi connectivity index (χ4v) is 0.878. The fraction of sp³-hybridized carbons (Fsp3) is 0.143. The van der Waals surface area contributed by atoms with Crippen LogP contribution in [0.25, 0.3) is 0 Å². The number of halogens is 1. The first-order valence-corrected chi connectivity index (χ1v) is 3.76. The highest BCUT2D eigenvalue weighted by molar-refractivity contribution is 6.69. The van der Waals surface area contributed by atoms with E-state index >= 15 is 0 Å². The van der Waals surface area contributed by atoms with Gasteiger partial charge in [-0.3, -0.25) is 0 Å². The zero-order valence-corrected chi connectivity index (χ0v) is 8.04. The Balaban J connectivity index is 5.00. The molecule has 0 atom stereocenters. The Kier molecular flexibility index (Phi) is 4.61. The van der Waals surface area contributed by atoms with Crippen LogP contribution in [0.4, 0.5) is 0 Å². The Hall–Kier alpha value is -1.49. The first-order chi connectivity index (χ1) is 5.99. The van der Waals surface area contributed by atoms with Gasteiger partial charge >= 0.3 is 0 Å². The van der Waals surface area contributed by atoms with Gasteiger partial charge in [0.1, 0.15) is 11.5 Å². The maximum absolute atomic E-state index is 5.72. The third-order valence-electron chi connectivity index (χ3n) is 1.01. The molecular weight excluding hydrogens is 190 g/mol. The molecule has 72 valence electrons. The second-order valence-corrected chi connectivity index (χ2v) is 2.56. The van der Waals surface area contributed by atoms with Crippen molar-refractivity contribution in [2.24, 2.45) is 27.2 Å². The van der Waals surface area contributed by atoms with Crippen molar-refractivity contribution in [2.45, 2.75) is 6.92 Å². The minimum Gasteiger partial charge on any atom is -0.400 e. The molecule has 13 heavy (non-hydrogen) atoms. The highest BCUT2D eigenvalue weighted by Gasteiger charge is 2.04. The summed E-state index contributed by atoms with van der Waals surface area (Å²) in [5, 5.41) is 0.0641. The molecule has 0 aliphatic rings. The van der Waals surface area contributed by atoms with Crippen molar-refractivity contribution in [3.8, 4) is 0 Å². The molecule has 0 saturated carbocycles. The van der Waals surface area contributed by atoms with Gasteiger partial charge in [0.15, 0.2) is 5.17 Å². The Morgan fingerprint density at radius 3 is 2.31 bits per heavy atom. The minimum atomic E-state index is 0.0641. The lowest BCUT2D eigenvalue weighted by Gasteiger charge is -2.00. The van der Waals surface area contributed by atoms with E-state index in [0.717, 1.165) is 6.34 Å². The summed E-state index contributed by atoms with van der Waals surface area (Å²) in [6.45, 7) is 4.98. The van der Waals surface area contributed by atoms with E-state index in [1.165, 1.54) is 0 Å². The van der Waals surface area contributed by atoms with Crippen LogP contribution in [-0.4, -0.2) is 11.5 Å². The summed E-state index contributed by atoms with van der Waals surface area (Å²) in [5.41, 5.74) is 16.5. The smallest absolute Gasteiger partial charge is 0.158 e. The molecule has 0 aromatic heterocycles. The van der Waals surface area contributed by atoms with Gasteiger partial charge in [0.2, 0.25) is 0 Å². The number of nitrogens with zero attached hydrogens (tertiary/aromatic N) is 2. The maximum Gasteiger partial charge on any atom is 0.158 e. The standard InChI is InChI=1S/C7H12ClN5/c1-4(10)6(12-3-9)7(8)13-5(2)11/h3H,2,10-11H2,1H3,(H2,9,12)/b6-4?,13-7+. The molecule has 0 aliphatic carbocycles. The van der Waals surface area contributed by atoms with E-state index in [-0.39, 0.29) is 16.7 Å². The Bertz CT molecular complexity index is 285. The minimum absolute atomic E-state index is 0.0641. The van der Waals surface area contributed by atoms with Crippen molar-refractivity contribution in [1.29, 1.82) is 0 Å². The van der Waals surface area contributed by atoms with Crippen molar-refractivity contribution in [2.75, 3.05) is 0 Å². The van der Waals surface area contributed by atoms with Gasteiger partial charge in [-0.25, -0.2) is 9.98 Å². The number of allylic oxidation sites excluding steroid dienone is 2. The summed E-state index contributed by atoms with van der Waals surface area (Å²) in [4.78, 5) is 7.40. The van der Waals surface area contributed by atoms with Gasteiger partial charge in [0.25, 0.3) is 0 Å². The van der Waals surface area contributed by atoms with Crippen LogP contribution in [0, 0.1) is 0 Å². The summed E-state index contributed by atoms with van der Waals surface area (Å²) in [5.74, 6) is 0.0796. The number of rotatable bonds is 3. The zero-order valence-electron chi connectivity index (χ0n) is 7.29. The van der Waals surface area contributed by atoms with Gasteiger partial charge < -0.3 is 17.2 Å². The van der Waals surface area contributed by atoms with E-state index in [0.29, 0.717) is 5.70 Å². The first-order valence-electron chi connectivity index (χ1n) is 3.38. The number of hydrogen-bond acceptors (Lipinski definition) is 4. The lowest BCUT2D eigenvalue weighted by molar-refractivity contribution is 1.21. The molecule has 0 amide bonds. The molecule has 0 bridgehead atoms. The Morgan fingerprint density at radius 2 is 2.00 bits per heavy atom. The normalized spacial score (nSPS) is 14.5. The SMILES string of the molecule is C=C(N)/N=C(/Cl)C(/N=C\N)=C(C)N. The van der Waals surface area contributed by atoms with Gasteiger partial charge in [-0.2, -0.15) is 0 Å². The van der Waals surface area contributed by atoms with Crippen molar-refractivity contribution in [3.05, 3.63) is 23.8 Å². The molecule has 6 N–H and O–H groups in total. The fourth-order valence-electron chi connectivity index (χ4n) is 0.571. The summed E-state index contributed by atoms with van der Waals surface area (Å²) in [6.07, 6.45) is 1.07. The van der Waals surface area contributed by atoms with Crippen LogP contribution in [0.1, 0.15) is 6.92 Å². The van der Waals surface area contributed by atoms with E-state index in [9.17, 15) is 0 Å². The second-order valence-electron chi connectivity index (χ2n) is 2.20. The van der Waals surface area contributed by atoms with Gasteiger partial charge in [-0.1, -0.05) is 18.2 Å². The van der Waals surface area contributed by atoms with Gasteiger partial charge in [-0.05, 0) is 6.92 Å². The molecule has 0 heterocycles. The van der Waals surface area contributed by atoms with Crippen LogP contribution < -0.4 is 17.2 Å². The molecular formula is C7H12ClN5. The second kappa shape index (κ2) is 5.21. The maximum atomic E-state index is 5.72. The topological polar surface area (TPSA) is 103 Å². The molecule has 0 rings (SSSR count). The van der Waals surface area contributed by atoms with Crippen LogP contribution in [0.5, 0.6) is 0 Å². The van der Waals surface area contributed by atoms with Crippen molar-refractivity contribution < 1.29 is 0 Å². The third-order valence-corrected chi connectivity index (χ3v) is 1.28. The quantitative estimate of drug-likeness (QED) is 0.450. The summed E-state index contributed by atoms with van der Waals surface area (Å²) in [6, 6.07) is 0. The van der Waals surface area contributed by atoms with Gasteiger partial charge in [-0.15, -0.1) is 0 Å². The van der Waals surface area contributed by atoms with E-state index in [1.807, 2.05) is 0 Å². The molecule has 0 saturated heterocycles. The Labute approximate surface area is 81.7 Å². The highest BCUT2D eigenvalue weighted by Crippen LogP contribution is 2.08. The zero-order chi connectivity index (χ0) is 10.4. The predicted molar refractivity (Wildman–Crippen MR) is 56.2 cm³/mol. The molecule has 0 fully saturated rings. The summed E-state index contributed by atoms with van der Waals surface area (Å²) < 4.78 is 0. The number of aliphatic imine (C=N–C) groups is 2. The highest BCUT2D eigenvalue weighted by atomic mass is 35.5. The summed E-state index contributed by atoms with van der Waals surface area (Å²) >= 11 is 5.72. The van der Waals surface area contributed by atoms with E-state index in [4.69, 9.17) is 28.8 Å². The van der Waals surface area contributed by atoms with Crippen molar-refractivity contribution >= 4 is 23.1 Å². The van der Waals surface area contributed by atoms with Crippen LogP contribution in [-0.2, 0) is 0 Å². The van der Waals surface area contributed by atoms with Crippen molar-refractivity contribution in [3.63, 3.8) is 0 Å². The third kappa shape index (κ3) is 4.17. The number of nitrogens with two attached hydrogens (primary N) is 3. The molecule has 0 aliphatic heterocycles. The average molecular weight is 202 g/mol. The van der Waals surface area contributed by atoms with Gasteiger partial charge in [0, 0.05) is 5.70 Å². The molecule has 0 aromatic rings. The number of hydrogen-bond donors (Lipinski definition) is 3. The lowest BCUT2D eigenvalue weighted by Crippen LogP contribution is -2.06. The van der Waals surface area contributed by atoms with E-state index < -0.39 is 0 Å². The lowest BCUT2D eigenvalue weighted by atomic mass is 10.4.